The number of hydrogen-bond acceptors (Lipinski definition) is 4. The Kier molecular flexibility index (Phi) is 5.14. The number of ether oxygens (including phenoxy) is 1. The van der Waals surface area contributed by atoms with E-state index in [4.69, 9.17) is 9.15 Å². The van der Waals surface area contributed by atoms with Crippen molar-refractivity contribution in [2.45, 2.75) is 5.92 Å². The Morgan fingerprint density at radius 1 is 0.903 bits per heavy atom. The van der Waals surface area contributed by atoms with Crippen molar-refractivity contribution in [2.24, 2.45) is 5.10 Å². The number of amides is 1. The Balaban J connectivity index is 1.35. The third-order valence-corrected chi connectivity index (χ3v) is 5.54. The summed E-state index contributed by atoms with van der Waals surface area (Å²) in [6.07, 6.45) is 1.50. The van der Waals surface area contributed by atoms with E-state index in [1.807, 2.05) is 84.9 Å². The molecule has 0 unspecified atom stereocenters. The fourth-order valence-corrected chi connectivity index (χ4v) is 4.03. The summed E-state index contributed by atoms with van der Waals surface area (Å²) in [6, 6.07) is 26.6. The van der Waals surface area contributed by atoms with Gasteiger partial charge in [-0.05, 0) is 36.4 Å². The first-order valence-corrected chi connectivity index (χ1v) is 10.5. The first-order valence-electron chi connectivity index (χ1n) is 9.73. The molecule has 1 aliphatic heterocycles. The second-order valence-corrected chi connectivity index (χ2v) is 7.97. The zero-order valence-corrected chi connectivity index (χ0v) is 17.9. The number of para-hydroxylation sites is 2. The number of furan rings is 1. The van der Waals surface area contributed by atoms with Crippen molar-refractivity contribution in [3.05, 3.63) is 106 Å². The van der Waals surface area contributed by atoms with Crippen LogP contribution in [0.3, 0.4) is 0 Å². The van der Waals surface area contributed by atoms with Crippen LogP contribution < -0.4 is 10.2 Å². The number of halogens is 1. The standard InChI is InChI=1S/C25H17BrN2O3/c26-17-7-5-6-16(14-17)21-13-12-18(30-21)15-27-28-25(29)24-19-8-1-3-10-22(19)31-23-11-4-2-9-20(23)24/h1-15,24H,(H,28,29)/b27-15-. The van der Waals surface area contributed by atoms with Crippen molar-refractivity contribution in [3.8, 4) is 22.8 Å². The topological polar surface area (TPSA) is 63.8 Å². The average molecular weight is 473 g/mol. The lowest BCUT2D eigenvalue weighted by Gasteiger charge is -2.26. The van der Waals surface area contributed by atoms with E-state index in [1.165, 1.54) is 6.21 Å². The average Bonchev–Trinajstić information content (AvgIpc) is 3.26. The van der Waals surface area contributed by atoms with E-state index < -0.39 is 5.92 Å². The number of nitrogens with one attached hydrogen (secondary N) is 1. The number of carbonyl (C=O) groups excluding carboxylic acids is 1. The number of carbonyl (C=O) groups is 1. The molecule has 152 valence electrons. The molecule has 31 heavy (non-hydrogen) atoms. The van der Waals surface area contributed by atoms with Crippen LogP contribution in [0.2, 0.25) is 0 Å². The maximum absolute atomic E-state index is 13.1. The van der Waals surface area contributed by atoms with E-state index in [1.54, 1.807) is 0 Å². The highest BCUT2D eigenvalue weighted by Crippen LogP contribution is 2.43. The van der Waals surface area contributed by atoms with E-state index in [0.717, 1.165) is 26.9 Å². The smallest absolute Gasteiger partial charge is 0.252 e. The van der Waals surface area contributed by atoms with Crippen LogP contribution in [0.25, 0.3) is 11.3 Å². The molecule has 4 aromatic rings. The number of nitrogens with zero attached hydrogens (tertiary/aromatic N) is 1. The van der Waals surface area contributed by atoms with Gasteiger partial charge in [0, 0.05) is 21.2 Å². The Bertz CT molecular complexity index is 1250. The largest absolute Gasteiger partial charge is 0.457 e. The van der Waals surface area contributed by atoms with Crippen LogP contribution in [0.15, 0.2) is 98.9 Å². The molecule has 6 heteroatoms. The summed E-state index contributed by atoms with van der Waals surface area (Å²) in [7, 11) is 0. The summed E-state index contributed by atoms with van der Waals surface area (Å²) < 4.78 is 12.7. The van der Waals surface area contributed by atoms with Gasteiger partial charge in [0.2, 0.25) is 0 Å². The van der Waals surface area contributed by atoms with E-state index in [9.17, 15) is 4.79 Å². The Labute approximate surface area is 187 Å². The molecule has 0 fully saturated rings. The van der Waals surface area contributed by atoms with Crippen LogP contribution in [-0.4, -0.2) is 12.1 Å². The fourth-order valence-electron chi connectivity index (χ4n) is 3.64. The summed E-state index contributed by atoms with van der Waals surface area (Å²) in [6.45, 7) is 0. The summed E-state index contributed by atoms with van der Waals surface area (Å²) in [4.78, 5) is 13.1. The summed E-state index contributed by atoms with van der Waals surface area (Å²) in [5, 5.41) is 4.12. The van der Waals surface area contributed by atoms with Gasteiger partial charge in [-0.2, -0.15) is 5.10 Å². The highest BCUT2D eigenvalue weighted by atomic mass is 79.9. The SMILES string of the molecule is O=C(N/N=C\c1ccc(-c2cccc(Br)c2)o1)C1c2ccccc2Oc2ccccc21. The molecule has 0 aliphatic carbocycles. The van der Waals surface area contributed by atoms with E-state index in [-0.39, 0.29) is 5.91 Å². The van der Waals surface area contributed by atoms with Crippen LogP contribution in [0.4, 0.5) is 0 Å². The van der Waals surface area contributed by atoms with Gasteiger partial charge in [-0.3, -0.25) is 4.79 Å². The molecule has 0 bridgehead atoms. The molecule has 2 heterocycles. The van der Waals surface area contributed by atoms with Gasteiger partial charge < -0.3 is 9.15 Å². The number of rotatable bonds is 4. The lowest BCUT2D eigenvalue weighted by atomic mass is 9.87. The Morgan fingerprint density at radius 2 is 1.61 bits per heavy atom. The summed E-state index contributed by atoms with van der Waals surface area (Å²) in [5.41, 5.74) is 5.22. The summed E-state index contributed by atoms with van der Waals surface area (Å²) in [5.74, 6) is 1.87. The van der Waals surface area contributed by atoms with Gasteiger partial charge in [-0.15, -0.1) is 0 Å². The van der Waals surface area contributed by atoms with Gasteiger partial charge in [0.05, 0.1) is 12.1 Å². The van der Waals surface area contributed by atoms with Crippen molar-refractivity contribution in [3.63, 3.8) is 0 Å². The highest BCUT2D eigenvalue weighted by molar-refractivity contribution is 9.10. The van der Waals surface area contributed by atoms with Gasteiger partial charge in [-0.25, -0.2) is 5.43 Å². The van der Waals surface area contributed by atoms with Crippen LogP contribution in [0, 0.1) is 0 Å². The predicted molar refractivity (Wildman–Crippen MR) is 122 cm³/mol. The highest BCUT2D eigenvalue weighted by Gasteiger charge is 2.32. The molecular formula is C25H17BrN2O3. The molecule has 5 rings (SSSR count). The number of fused-ring (bicyclic) bond motifs is 2. The maximum Gasteiger partial charge on any atom is 0.252 e. The quantitative estimate of drug-likeness (QED) is 0.288. The van der Waals surface area contributed by atoms with E-state index >= 15 is 0 Å². The minimum absolute atomic E-state index is 0.238. The molecule has 0 saturated carbocycles. The number of benzene rings is 3. The third-order valence-electron chi connectivity index (χ3n) is 5.04. The third kappa shape index (κ3) is 3.90. The van der Waals surface area contributed by atoms with Crippen LogP contribution in [0.5, 0.6) is 11.5 Å². The zero-order valence-electron chi connectivity index (χ0n) is 16.3. The van der Waals surface area contributed by atoms with Crippen LogP contribution in [-0.2, 0) is 4.79 Å². The lowest BCUT2D eigenvalue weighted by molar-refractivity contribution is -0.121. The minimum Gasteiger partial charge on any atom is -0.457 e. The normalized spacial score (nSPS) is 12.8. The Hall–Kier alpha value is -3.64. The number of hydrogen-bond donors (Lipinski definition) is 1. The molecule has 1 N–H and O–H groups in total. The molecule has 0 spiro atoms. The number of hydrazone groups is 1. The van der Waals surface area contributed by atoms with Gasteiger partial charge in [0.25, 0.3) is 5.91 Å². The second-order valence-electron chi connectivity index (χ2n) is 7.06. The van der Waals surface area contributed by atoms with Gasteiger partial charge >= 0.3 is 0 Å². The first-order chi connectivity index (χ1) is 15.2. The van der Waals surface area contributed by atoms with Crippen molar-refractivity contribution < 1.29 is 13.9 Å². The van der Waals surface area contributed by atoms with Crippen LogP contribution in [0.1, 0.15) is 22.8 Å². The molecule has 0 radical (unpaired) electrons. The molecule has 1 amide bonds. The monoisotopic (exact) mass is 472 g/mol. The minimum atomic E-state index is -0.507. The first kappa shape index (κ1) is 19.3. The van der Waals surface area contributed by atoms with Gasteiger partial charge in [0.15, 0.2) is 0 Å². The molecule has 0 saturated heterocycles. The molecular weight excluding hydrogens is 456 g/mol. The van der Waals surface area contributed by atoms with Gasteiger partial charge in [0.1, 0.15) is 23.0 Å². The maximum atomic E-state index is 13.1. The van der Waals surface area contributed by atoms with Crippen molar-refractivity contribution >= 4 is 28.1 Å². The van der Waals surface area contributed by atoms with E-state index in [0.29, 0.717) is 17.3 Å². The predicted octanol–water partition coefficient (Wildman–Crippen LogP) is 6.10. The molecule has 1 aromatic heterocycles. The van der Waals surface area contributed by atoms with Crippen molar-refractivity contribution in [1.29, 1.82) is 0 Å². The molecule has 1 aliphatic rings. The molecule has 0 atom stereocenters. The zero-order chi connectivity index (χ0) is 21.2. The second kappa shape index (κ2) is 8.24. The summed E-state index contributed by atoms with van der Waals surface area (Å²) >= 11 is 3.46. The molecule has 5 nitrogen and oxygen atoms in total. The lowest BCUT2D eigenvalue weighted by Crippen LogP contribution is -2.28. The Morgan fingerprint density at radius 3 is 2.32 bits per heavy atom. The van der Waals surface area contributed by atoms with Gasteiger partial charge in [-0.1, -0.05) is 64.5 Å². The van der Waals surface area contributed by atoms with Crippen molar-refractivity contribution in [1.82, 2.24) is 5.43 Å². The van der Waals surface area contributed by atoms with Crippen molar-refractivity contribution in [2.75, 3.05) is 0 Å². The fraction of sp³-hybridized carbons (Fsp3) is 0.0400. The van der Waals surface area contributed by atoms with Crippen LogP contribution >= 0.6 is 15.9 Å². The molecule has 3 aromatic carbocycles. The van der Waals surface area contributed by atoms with E-state index in [2.05, 4.69) is 26.5 Å².